The van der Waals surface area contributed by atoms with E-state index in [4.69, 9.17) is 5.73 Å². The van der Waals surface area contributed by atoms with Crippen molar-refractivity contribution < 1.29 is 5.48 Å². The van der Waals surface area contributed by atoms with E-state index in [-0.39, 0.29) is 5.48 Å². The van der Waals surface area contributed by atoms with Gasteiger partial charge in [0.1, 0.15) is 0 Å². The fourth-order valence-electron chi connectivity index (χ4n) is 0.614. The molecule has 76 valence electrons. The molecule has 0 saturated heterocycles. The van der Waals surface area contributed by atoms with E-state index < -0.39 is 0 Å². The van der Waals surface area contributed by atoms with E-state index in [0.29, 0.717) is 6.54 Å². The van der Waals surface area contributed by atoms with E-state index in [2.05, 4.69) is 0 Å². The third kappa shape index (κ3) is 11.1. The summed E-state index contributed by atoms with van der Waals surface area (Å²) in [6.45, 7) is 0.640. The summed E-state index contributed by atoms with van der Waals surface area (Å²) < 4.78 is 0. The van der Waals surface area contributed by atoms with Crippen molar-refractivity contribution in [3.8, 4) is 0 Å². The van der Waals surface area contributed by atoms with Crippen LogP contribution in [-0.4, -0.2) is 31.5 Å². The van der Waals surface area contributed by atoms with Crippen LogP contribution in [0.5, 0.6) is 0 Å². The molecular weight excluding hydrogens is 164 g/mol. The molecule has 3 heteroatoms. The van der Waals surface area contributed by atoms with Gasteiger partial charge in [0.05, 0.1) is 0 Å². The third-order valence-corrected chi connectivity index (χ3v) is 1.08. The SMILES string of the molecule is CN(C)C.NCc1ccccc1.O. The Morgan fingerprint density at radius 3 is 1.69 bits per heavy atom. The standard InChI is InChI=1S/C7H9N.C3H9N.H2O/c8-6-7-4-2-1-3-5-7;1-4(2)3;/h1-5H,6,8H2;1-3H3;1H2. The van der Waals surface area contributed by atoms with Gasteiger partial charge < -0.3 is 16.1 Å². The second kappa shape index (κ2) is 9.19. The molecule has 0 atom stereocenters. The smallest absolute Gasteiger partial charge is 0.0178 e. The molecule has 0 spiro atoms. The minimum Gasteiger partial charge on any atom is -0.412 e. The maximum absolute atomic E-state index is 5.35. The molecule has 0 radical (unpaired) electrons. The molecule has 1 aromatic carbocycles. The fourth-order valence-corrected chi connectivity index (χ4v) is 0.614. The molecule has 0 bridgehead atoms. The maximum atomic E-state index is 5.35. The summed E-state index contributed by atoms with van der Waals surface area (Å²) in [5, 5.41) is 0. The number of rotatable bonds is 1. The summed E-state index contributed by atoms with van der Waals surface area (Å²) >= 11 is 0. The summed E-state index contributed by atoms with van der Waals surface area (Å²) in [5.74, 6) is 0. The molecule has 0 aromatic heterocycles. The van der Waals surface area contributed by atoms with Crippen molar-refractivity contribution in [2.75, 3.05) is 21.1 Å². The molecule has 0 fully saturated rings. The van der Waals surface area contributed by atoms with E-state index in [1.54, 1.807) is 0 Å². The summed E-state index contributed by atoms with van der Waals surface area (Å²) in [5.41, 5.74) is 6.54. The molecule has 0 saturated carbocycles. The summed E-state index contributed by atoms with van der Waals surface area (Å²) in [6, 6.07) is 9.99. The average molecular weight is 184 g/mol. The highest BCUT2D eigenvalue weighted by molar-refractivity contribution is 5.13. The van der Waals surface area contributed by atoms with Gasteiger partial charge in [-0.25, -0.2) is 0 Å². The van der Waals surface area contributed by atoms with Crippen LogP contribution in [0.25, 0.3) is 0 Å². The number of hydrogen-bond donors (Lipinski definition) is 1. The molecule has 4 N–H and O–H groups in total. The van der Waals surface area contributed by atoms with E-state index in [1.165, 1.54) is 5.56 Å². The Balaban J connectivity index is 0. The molecular formula is C10H20N2O. The molecule has 0 aliphatic rings. The molecule has 1 aromatic rings. The Kier molecular flexibility index (Phi) is 10.3. The van der Waals surface area contributed by atoms with E-state index in [0.717, 1.165) is 0 Å². The van der Waals surface area contributed by atoms with Crippen molar-refractivity contribution in [1.29, 1.82) is 0 Å². The summed E-state index contributed by atoms with van der Waals surface area (Å²) in [7, 11) is 6.00. The summed E-state index contributed by atoms with van der Waals surface area (Å²) in [4.78, 5) is 2.00. The maximum Gasteiger partial charge on any atom is 0.0178 e. The minimum absolute atomic E-state index is 0. The van der Waals surface area contributed by atoms with Crippen molar-refractivity contribution in [2.24, 2.45) is 5.73 Å². The van der Waals surface area contributed by atoms with Crippen LogP contribution in [-0.2, 0) is 6.54 Å². The van der Waals surface area contributed by atoms with Crippen molar-refractivity contribution in [3.05, 3.63) is 35.9 Å². The highest BCUT2D eigenvalue weighted by Crippen LogP contribution is 1.94. The quantitative estimate of drug-likeness (QED) is 0.691. The van der Waals surface area contributed by atoms with Crippen LogP contribution in [0.1, 0.15) is 5.56 Å². The molecule has 0 aliphatic heterocycles. The van der Waals surface area contributed by atoms with Crippen molar-refractivity contribution >= 4 is 0 Å². The first kappa shape index (κ1) is 14.6. The molecule has 13 heavy (non-hydrogen) atoms. The number of benzene rings is 1. The van der Waals surface area contributed by atoms with Crippen molar-refractivity contribution in [1.82, 2.24) is 4.90 Å². The van der Waals surface area contributed by atoms with Gasteiger partial charge in [-0.2, -0.15) is 0 Å². The van der Waals surface area contributed by atoms with Crippen LogP contribution in [0, 0.1) is 0 Å². The lowest BCUT2D eigenvalue weighted by Gasteiger charge is -1.90. The van der Waals surface area contributed by atoms with Gasteiger partial charge in [0, 0.05) is 6.54 Å². The lowest BCUT2D eigenvalue weighted by molar-refractivity contribution is 0.505. The first-order valence-electron chi connectivity index (χ1n) is 4.01. The number of hydrogen-bond acceptors (Lipinski definition) is 2. The molecule has 0 unspecified atom stereocenters. The second-order valence-corrected chi connectivity index (χ2v) is 3.03. The van der Waals surface area contributed by atoms with Gasteiger partial charge in [-0.3, -0.25) is 0 Å². The van der Waals surface area contributed by atoms with E-state index in [9.17, 15) is 0 Å². The monoisotopic (exact) mass is 184 g/mol. The van der Waals surface area contributed by atoms with E-state index >= 15 is 0 Å². The van der Waals surface area contributed by atoms with Crippen LogP contribution < -0.4 is 5.73 Å². The predicted octanol–water partition coefficient (Wildman–Crippen LogP) is 0.498. The lowest BCUT2D eigenvalue weighted by atomic mass is 10.2. The average Bonchev–Trinajstić information content (AvgIpc) is 2.05. The van der Waals surface area contributed by atoms with Crippen LogP contribution in [0.4, 0.5) is 0 Å². The molecule has 3 nitrogen and oxygen atoms in total. The van der Waals surface area contributed by atoms with Crippen LogP contribution in [0.2, 0.25) is 0 Å². The minimum atomic E-state index is 0. The van der Waals surface area contributed by atoms with Crippen LogP contribution >= 0.6 is 0 Å². The topological polar surface area (TPSA) is 60.8 Å². The predicted molar refractivity (Wildman–Crippen MR) is 57.6 cm³/mol. The molecule has 1 rings (SSSR count). The molecule has 0 amide bonds. The first-order valence-corrected chi connectivity index (χ1v) is 4.01. The van der Waals surface area contributed by atoms with Gasteiger partial charge in [0.25, 0.3) is 0 Å². The first-order chi connectivity index (χ1) is 5.66. The number of nitrogens with two attached hydrogens (primary N) is 1. The van der Waals surface area contributed by atoms with Gasteiger partial charge in [-0.1, -0.05) is 30.3 Å². The zero-order chi connectivity index (χ0) is 9.40. The van der Waals surface area contributed by atoms with Crippen LogP contribution in [0.15, 0.2) is 30.3 Å². The second-order valence-electron chi connectivity index (χ2n) is 3.03. The molecule has 0 aliphatic carbocycles. The Morgan fingerprint density at radius 1 is 1.08 bits per heavy atom. The van der Waals surface area contributed by atoms with Crippen molar-refractivity contribution in [3.63, 3.8) is 0 Å². The zero-order valence-corrected chi connectivity index (χ0v) is 8.62. The lowest BCUT2D eigenvalue weighted by Crippen LogP contribution is -1.99. The highest BCUT2D eigenvalue weighted by atomic mass is 16.0. The van der Waals surface area contributed by atoms with Gasteiger partial charge >= 0.3 is 0 Å². The third-order valence-electron chi connectivity index (χ3n) is 1.08. The largest absolute Gasteiger partial charge is 0.412 e. The van der Waals surface area contributed by atoms with Gasteiger partial charge in [0.2, 0.25) is 0 Å². The Hall–Kier alpha value is -0.900. The highest BCUT2D eigenvalue weighted by Gasteiger charge is 1.80. The van der Waals surface area contributed by atoms with Crippen LogP contribution in [0.3, 0.4) is 0 Å². The van der Waals surface area contributed by atoms with Gasteiger partial charge in [-0.15, -0.1) is 0 Å². The fraction of sp³-hybridized carbons (Fsp3) is 0.400. The number of nitrogens with zero attached hydrogens (tertiary/aromatic N) is 1. The Bertz CT molecular complexity index is 185. The normalized spacial score (nSPS) is 8.38. The van der Waals surface area contributed by atoms with Gasteiger partial charge in [-0.05, 0) is 26.7 Å². The van der Waals surface area contributed by atoms with Gasteiger partial charge in [0.15, 0.2) is 0 Å². The summed E-state index contributed by atoms with van der Waals surface area (Å²) in [6.07, 6.45) is 0. The molecule has 0 heterocycles. The zero-order valence-electron chi connectivity index (χ0n) is 8.62. The van der Waals surface area contributed by atoms with E-state index in [1.807, 2.05) is 56.4 Å². The van der Waals surface area contributed by atoms with Crippen molar-refractivity contribution in [2.45, 2.75) is 6.54 Å². The Morgan fingerprint density at radius 2 is 1.46 bits per heavy atom. The Labute approximate surface area is 80.5 Å².